The van der Waals surface area contributed by atoms with Crippen molar-refractivity contribution in [3.05, 3.63) is 17.0 Å². The number of hydrogen-bond donors (Lipinski definition) is 1. The Morgan fingerprint density at radius 1 is 1.67 bits per heavy atom. The second-order valence-corrected chi connectivity index (χ2v) is 2.76. The Morgan fingerprint density at radius 2 is 2.25 bits per heavy atom. The average molecular weight is 167 g/mol. The smallest absolute Gasteiger partial charge is 0.269 e. The Kier molecular flexibility index (Phi) is 2.17. The number of aromatic nitrogens is 2. The van der Waals surface area contributed by atoms with Gasteiger partial charge in [0.25, 0.3) is 5.91 Å². The summed E-state index contributed by atoms with van der Waals surface area (Å²) in [5.74, 6) is -0.456. The molecule has 0 aliphatic heterocycles. The molecule has 2 N–H and O–H groups in total. The minimum absolute atomic E-state index is 0.384. The summed E-state index contributed by atoms with van der Waals surface area (Å²) in [7, 11) is 1.82. The maximum Gasteiger partial charge on any atom is 0.269 e. The lowest BCUT2D eigenvalue weighted by Crippen LogP contribution is -2.13. The Hall–Kier alpha value is -1.32. The summed E-state index contributed by atoms with van der Waals surface area (Å²) in [5, 5.41) is 4.02. The number of nitrogens with two attached hydrogens (primary N) is 1. The molecule has 0 saturated heterocycles. The van der Waals surface area contributed by atoms with Crippen molar-refractivity contribution in [2.75, 3.05) is 0 Å². The third-order valence-corrected chi connectivity index (χ3v) is 2.00. The first-order chi connectivity index (χ1) is 5.57. The molecular formula is C8H13N3O. The molecule has 4 nitrogen and oxygen atoms in total. The van der Waals surface area contributed by atoms with Crippen LogP contribution >= 0.6 is 0 Å². The van der Waals surface area contributed by atoms with Gasteiger partial charge >= 0.3 is 0 Å². The van der Waals surface area contributed by atoms with E-state index in [4.69, 9.17) is 5.73 Å². The van der Waals surface area contributed by atoms with Crippen LogP contribution in [0.2, 0.25) is 0 Å². The van der Waals surface area contributed by atoms with Gasteiger partial charge in [-0.1, -0.05) is 6.92 Å². The highest BCUT2D eigenvalue weighted by molar-refractivity contribution is 5.92. The van der Waals surface area contributed by atoms with Crippen molar-refractivity contribution in [1.82, 2.24) is 9.78 Å². The van der Waals surface area contributed by atoms with E-state index in [-0.39, 0.29) is 0 Å². The molecule has 0 radical (unpaired) electrons. The SMILES string of the molecule is CCc1c(C)c(C(N)=O)nn1C. The second kappa shape index (κ2) is 2.97. The first-order valence-electron chi connectivity index (χ1n) is 3.90. The van der Waals surface area contributed by atoms with E-state index in [0.717, 1.165) is 17.7 Å². The molecule has 1 rings (SSSR count). The van der Waals surface area contributed by atoms with Crippen LogP contribution in [-0.2, 0) is 13.5 Å². The van der Waals surface area contributed by atoms with Crippen molar-refractivity contribution in [2.24, 2.45) is 12.8 Å². The number of nitrogens with zero attached hydrogens (tertiary/aromatic N) is 2. The topological polar surface area (TPSA) is 60.9 Å². The molecule has 4 heteroatoms. The maximum absolute atomic E-state index is 10.8. The number of aryl methyl sites for hydroxylation is 1. The van der Waals surface area contributed by atoms with Gasteiger partial charge in [0.05, 0.1) is 0 Å². The van der Waals surface area contributed by atoms with Gasteiger partial charge in [0.15, 0.2) is 5.69 Å². The first kappa shape index (κ1) is 8.77. The zero-order valence-corrected chi connectivity index (χ0v) is 7.59. The van der Waals surface area contributed by atoms with E-state index in [9.17, 15) is 4.79 Å². The van der Waals surface area contributed by atoms with Crippen LogP contribution in [0.1, 0.15) is 28.7 Å². The van der Waals surface area contributed by atoms with Gasteiger partial charge in [-0.25, -0.2) is 0 Å². The van der Waals surface area contributed by atoms with E-state index in [1.54, 1.807) is 4.68 Å². The van der Waals surface area contributed by atoms with Gasteiger partial charge < -0.3 is 5.73 Å². The first-order valence-corrected chi connectivity index (χ1v) is 3.90. The van der Waals surface area contributed by atoms with Gasteiger partial charge in [-0.2, -0.15) is 5.10 Å². The molecule has 0 aromatic carbocycles. The maximum atomic E-state index is 10.8. The molecule has 1 heterocycles. The largest absolute Gasteiger partial charge is 0.364 e. The molecule has 1 aromatic heterocycles. The highest BCUT2D eigenvalue weighted by atomic mass is 16.1. The van der Waals surface area contributed by atoms with Crippen LogP contribution in [0.5, 0.6) is 0 Å². The van der Waals surface area contributed by atoms with Crippen molar-refractivity contribution >= 4 is 5.91 Å². The van der Waals surface area contributed by atoms with Crippen LogP contribution in [-0.4, -0.2) is 15.7 Å². The number of primary amides is 1. The van der Waals surface area contributed by atoms with Crippen molar-refractivity contribution in [3.63, 3.8) is 0 Å². The van der Waals surface area contributed by atoms with Crippen molar-refractivity contribution in [1.29, 1.82) is 0 Å². The quantitative estimate of drug-likeness (QED) is 0.692. The summed E-state index contributed by atoms with van der Waals surface area (Å²) < 4.78 is 1.70. The van der Waals surface area contributed by atoms with Gasteiger partial charge in [0.1, 0.15) is 0 Å². The molecule has 0 fully saturated rings. The number of amides is 1. The molecule has 0 atom stereocenters. The van der Waals surface area contributed by atoms with E-state index < -0.39 is 5.91 Å². The Labute approximate surface area is 71.4 Å². The lowest BCUT2D eigenvalue weighted by Gasteiger charge is -1.96. The molecule has 66 valence electrons. The molecule has 12 heavy (non-hydrogen) atoms. The molecule has 1 aromatic rings. The van der Waals surface area contributed by atoms with E-state index in [1.165, 1.54) is 0 Å². The molecule has 0 spiro atoms. The average Bonchev–Trinajstić information content (AvgIpc) is 2.27. The lowest BCUT2D eigenvalue weighted by molar-refractivity contribution is 0.0994. The van der Waals surface area contributed by atoms with Crippen molar-refractivity contribution < 1.29 is 4.79 Å². The Bertz CT molecular complexity index is 314. The van der Waals surface area contributed by atoms with Crippen molar-refractivity contribution in [3.8, 4) is 0 Å². The summed E-state index contributed by atoms with van der Waals surface area (Å²) >= 11 is 0. The van der Waals surface area contributed by atoms with Crippen molar-refractivity contribution in [2.45, 2.75) is 20.3 Å². The van der Waals surface area contributed by atoms with Gasteiger partial charge in [-0.15, -0.1) is 0 Å². The normalized spacial score (nSPS) is 10.2. The van der Waals surface area contributed by atoms with Gasteiger partial charge in [0.2, 0.25) is 0 Å². The van der Waals surface area contributed by atoms with Gasteiger partial charge in [0, 0.05) is 18.3 Å². The standard InChI is InChI=1S/C8H13N3O/c1-4-6-5(2)7(8(9)12)10-11(6)3/h4H2,1-3H3,(H2,9,12). The second-order valence-electron chi connectivity index (χ2n) is 2.76. The number of hydrogen-bond acceptors (Lipinski definition) is 2. The van der Waals surface area contributed by atoms with Crippen LogP contribution in [0.4, 0.5) is 0 Å². The monoisotopic (exact) mass is 167 g/mol. The Morgan fingerprint density at radius 3 is 2.50 bits per heavy atom. The third-order valence-electron chi connectivity index (χ3n) is 2.00. The molecule has 0 saturated carbocycles. The third kappa shape index (κ3) is 1.20. The predicted octanol–water partition coefficient (Wildman–Crippen LogP) is 0.390. The number of carbonyl (C=O) groups excluding carboxylic acids is 1. The Balaban J connectivity index is 3.26. The highest BCUT2D eigenvalue weighted by Crippen LogP contribution is 2.11. The van der Waals surface area contributed by atoms with E-state index >= 15 is 0 Å². The highest BCUT2D eigenvalue weighted by Gasteiger charge is 2.14. The lowest BCUT2D eigenvalue weighted by atomic mass is 10.1. The summed E-state index contributed by atoms with van der Waals surface area (Å²) in [5.41, 5.74) is 7.48. The van der Waals surface area contributed by atoms with Gasteiger partial charge in [-0.3, -0.25) is 9.48 Å². The van der Waals surface area contributed by atoms with Crippen LogP contribution in [0, 0.1) is 6.92 Å². The zero-order valence-electron chi connectivity index (χ0n) is 7.59. The minimum Gasteiger partial charge on any atom is -0.364 e. The molecule has 0 bridgehead atoms. The fourth-order valence-electron chi connectivity index (χ4n) is 1.39. The van der Waals surface area contributed by atoms with Crippen LogP contribution < -0.4 is 5.73 Å². The molecule has 0 aliphatic rings. The summed E-state index contributed by atoms with van der Waals surface area (Å²) in [6, 6.07) is 0. The molecular weight excluding hydrogens is 154 g/mol. The van der Waals surface area contributed by atoms with Gasteiger partial charge in [-0.05, 0) is 13.3 Å². The summed E-state index contributed by atoms with van der Waals surface area (Å²) in [6.45, 7) is 3.89. The van der Waals surface area contributed by atoms with Crippen LogP contribution in [0.3, 0.4) is 0 Å². The number of rotatable bonds is 2. The molecule has 1 amide bonds. The van der Waals surface area contributed by atoms with E-state index in [1.807, 2.05) is 20.9 Å². The molecule has 0 unspecified atom stereocenters. The summed E-state index contributed by atoms with van der Waals surface area (Å²) in [4.78, 5) is 10.8. The summed E-state index contributed by atoms with van der Waals surface area (Å²) in [6.07, 6.45) is 0.864. The fourth-order valence-corrected chi connectivity index (χ4v) is 1.39. The predicted molar refractivity (Wildman–Crippen MR) is 45.8 cm³/mol. The zero-order chi connectivity index (χ0) is 9.30. The minimum atomic E-state index is -0.456. The van der Waals surface area contributed by atoms with E-state index in [2.05, 4.69) is 5.10 Å². The number of carbonyl (C=O) groups is 1. The van der Waals surface area contributed by atoms with Crippen LogP contribution in [0.15, 0.2) is 0 Å². The molecule has 0 aliphatic carbocycles. The van der Waals surface area contributed by atoms with Crippen LogP contribution in [0.25, 0.3) is 0 Å². The fraction of sp³-hybridized carbons (Fsp3) is 0.500. The van der Waals surface area contributed by atoms with E-state index in [0.29, 0.717) is 5.69 Å².